The Labute approximate surface area is 193 Å². The van der Waals surface area contributed by atoms with Crippen molar-refractivity contribution in [2.24, 2.45) is 5.73 Å². The quantitative estimate of drug-likeness (QED) is 0.653. The SMILES string of the molecule is CCOc1ccccc1[C@H]1C(C#N)=C(N)Oc2cc(C)n(CCC[NH+]3CCOCC3)c(=O)c21. The Morgan fingerprint density at radius 2 is 2.06 bits per heavy atom. The van der Waals surface area contributed by atoms with Crippen molar-refractivity contribution in [1.82, 2.24) is 4.57 Å². The Hall–Kier alpha value is -3.28. The standard InChI is InChI=1S/C25H30N4O4/c1-3-32-20-8-5-4-7-18(20)22-19(16-26)24(27)33-21-15-17(2)29(25(30)23(21)22)10-6-9-28-11-13-31-14-12-28/h4-5,7-8,15,22H,3,6,9-14,27H2,1-2H3/p+1/t22-/m0/s1. The summed E-state index contributed by atoms with van der Waals surface area (Å²) in [6.45, 7) is 9.42. The lowest BCUT2D eigenvalue weighted by atomic mass is 9.83. The molecule has 1 saturated heterocycles. The third kappa shape index (κ3) is 4.61. The largest absolute Gasteiger partial charge is 0.494 e. The molecule has 0 aliphatic carbocycles. The topological polar surface area (TPSA) is 104 Å². The number of aryl methyl sites for hydroxylation is 1. The normalized spacial score (nSPS) is 18.4. The molecule has 8 nitrogen and oxygen atoms in total. The van der Waals surface area contributed by atoms with E-state index in [1.54, 1.807) is 4.57 Å². The Bertz CT molecular complexity index is 1140. The van der Waals surface area contributed by atoms with Crippen LogP contribution < -0.4 is 25.7 Å². The number of fused-ring (bicyclic) bond motifs is 1. The van der Waals surface area contributed by atoms with Gasteiger partial charge in [0.25, 0.3) is 5.56 Å². The average Bonchev–Trinajstić information content (AvgIpc) is 2.81. The first-order valence-electron chi connectivity index (χ1n) is 11.5. The van der Waals surface area contributed by atoms with Crippen molar-refractivity contribution >= 4 is 0 Å². The van der Waals surface area contributed by atoms with Gasteiger partial charge in [-0.2, -0.15) is 5.26 Å². The second kappa shape index (κ2) is 10.1. The van der Waals surface area contributed by atoms with Gasteiger partial charge in [0.05, 0.1) is 37.8 Å². The number of aromatic nitrogens is 1. The van der Waals surface area contributed by atoms with Gasteiger partial charge in [0, 0.05) is 30.3 Å². The molecule has 1 aromatic carbocycles. The van der Waals surface area contributed by atoms with Crippen molar-refractivity contribution < 1.29 is 19.1 Å². The van der Waals surface area contributed by atoms with Gasteiger partial charge in [0.15, 0.2) is 0 Å². The molecule has 3 N–H and O–H groups in total. The number of allylic oxidation sites excluding steroid dienone is 1. The summed E-state index contributed by atoms with van der Waals surface area (Å²) >= 11 is 0. The van der Waals surface area contributed by atoms with Crippen LogP contribution in [-0.4, -0.2) is 44.0 Å². The summed E-state index contributed by atoms with van der Waals surface area (Å²) in [5.41, 5.74) is 8.16. The van der Waals surface area contributed by atoms with Crippen LogP contribution in [0.15, 0.2) is 46.6 Å². The molecular formula is C25H31N4O4+. The lowest BCUT2D eigenvalue weighted by Gasteiger charge is -2.28. The van der Waals surface area contributed by atoms with E-state index in [0.717, 1.165) is 50.5 Å². The molecular weight excluding hydrogens is 420 g/mol. The molecule has 2 aromatic rings. The van der Waals surface area contributed by atoms with Crippen LogP contribution in [0.2, 0.25) is 0 Å². The number of hydrogen-bond donors (Lipinski definition) is 2. The first kappa shape index (κ1) is 22.9. The Morgan fingerprint density at radius 1 is 1.30 bits per heavy atom. The summed E-state index contributed by atoms with van der Waals surface area (Å²) in [6.07, 6.45) is 0.874. The number of nitrogens with zero attached hydrogens (tertiary/aromatic N) is 2. The first-order valence-corrected chi connectivity index (χ1v) is 11.5. The van der Waals surface area contributed by atoms with Crippen LogP contribution in [0.25, 0.3) is 0 Å². The number of rotatable bonds is 7. The van der Waals surface area contributed by atoms with Crippen LogP contribution in [-0.2, 0) is 11.3 Å². The maximum absolute atomic E-state index is 13.8. The fourth-order valence-corrected chi connectivity index (χ4v) is 4.68. The van der Waals surface area contributed by atoms with E-state index in [4.69, 9.17) is 19.9 Å². The van der Waals surface area contributed by atoms with Gasteiger partial charge in [-0.1, -0.05) is 18.2 Å². The van der Waals surface area contributed by atoms with Gasteiger partial charge in [-0.25, -0.2) is 0 Å². The molecule has 8 heteroatoms. The number of nitrogens with two attached hydrogens (primary N) is 1. The lowest BCUT2D eigenvalue weighted by Crippen LogP contribution is -3.14. The van der Waals surface area contributed by atoms with Crippen molar-refractivity contribution in [2.45, 2.75) is 32.7 Å². The number of hydrogen-bond acceptors (Lipinski definition) is 6. The van der Waals surface area contributed by atoms with E-state index in [-0.39, 0.29) is 17.0 Å². The van der Waals surface area contributed by atoms with Gasteiger partial charge >= 0.3 is 0 Å². The number of morpholine rings is 1. The molecule has 2 aliphatic rings. The molecule has 1 fully saturated rings. The number of nitriles is 1. The Morgan fingerprint density at radius 3 is 2.79 bits per heavy atom. The highest BCUT2D eigenvalue weighted by Crippen LogP contribution is 2.43. The highest BCUT2D eigenvalue weighted by Gasteiger charge is 2.36. The minimum atomic E-state index is -0.647. The van der Waals surface area contributed by atoms with Crippen molar-refractivity contribution in [3.8, 4) is 17.6 Å². The summed E-state index contributed by atoms with van der Waals surface area (Å²) in [6, 6.07) is 11.5. The van der Waals surface area contributed by atoms with Crippen molar-refractivity contribution in [1.29, 1.82) is 5.26 Å². The van der Waals surface area contributed by atoms with Gasteiger partial charge in [-0.15, -0.1) is 0 Å². The van der Waals surface area contributed by atoms with Crippen LogP contribution in [0.3, 0.4) is 0 Å². The zero-order valence-electron chi connectivity index (χ0n) is 19.2. The summed E-state index contributed by atoms with van der Waals surface area (Å²) in [5, 5.41) is 9.91. The molecule has 3 heterocycles. The van der Waals surface area contributed by atoms with E-state index in [1.165, 1.54) is 4.90 Å². The van der Waals surface area contributed by atoms with Crippen LogP contribution in [0.1, 0.15) is 36.1 Å². The van der Waals surface area contributed by atoms with Gasteiger partial charge in [-0.3, -0.25) is 4.79 Å². The summed E-state index contributed by atoms with van der Waals surface area (Å²) in [4.78, 5) is 15.3. The second-order valence-electron chi connectivity index (χ2n) is 8.38. The van der Waals surface area contributed by atoms with Crippen molar-refractivity contribution in [3.63, 3.8) is 0 Å². The molecule has 0 bridgehead atoms. The average molecular weight is 452 g/mol. The Kier molecular flexibility index (Phi) is 7.02. The maximum Gasteiger partial charge on any atom is 0.258 e. The molecule has 33 heavy (non-hydrogen) atoms. The highest BCUT2D eigenvalue weighted by atomic mass is 16.5. The molecule has 2 aliphatic heterocycles. The molecule has 4 rings (SSSR count). The molecule has 0 unspecified atom stereocenters. The molecule has 1 atom stereocenters. The zero-order valence-corrected chi connectivity index (χ0v) is 19.2. The molecule has 0 saturated carbocycles. The summed E-state index contributed by atoms with van der Waals surface area (Å²) in [7, 11) is 0. The van der Waals surface area contributed by atoms with Crippen LogP contribution >= 0.6 is 0 Å². The van der Waals surface area contributed by atoms with Gasteiger partial charge in [-0.05, 0) is 19.9 Å². The summed E-state index contributed by atoms with van der Waals surface area (Å²) < 4.78 is 18.8. The number of nitrogens with one attached hydrogen (secondary N) is 1. The zero-order chi connectivity index (χ0) is 23.4. The predicted octanol–water partition coefficient (Wildman–Crippen LogP) is 1.08. The van der Waals surface area contributed by atoms with E-state index in [9.17, 15) is 10.1 Å². The summed E-state index contributed by atoms with van der Waals surface area (Å²) in [5.74, 6) is 0.403. The maximum atomic E-state index is 13.8. The number of benzene rings is 1. The fourth-order valence-electron chi connectivity index (χ4n) is 4.68. The van der Waals surface area contributed by atoms with Crippen LogP contribution in [0.4, 0.5) is 0 Å². The van der Waals surface area contributed by atoms with E-state index in [0.29, 0.717) is 30.2 Å². The van der Waals surface area contributed by atoms with Crippen molar-refractivity contribution in [2.75, 3.05) is 39.5 Å². The van der Waals surface area contributed by atoms with E-state index >= 15 is 0 Å². The second-order valence-corrected chi connectivity index (χ2v) is 8.38. The van der Waals surface area contributed by atoms with Crippen molar-refractivity contribution in [3.05, 3.63) is 69.0 Å². The van der Waals surface area contributed by atoms with Gasteiger partial charge in [0.1, 0.15) is 36.2 Å². The monoisotopic (exact) mass is 451 g/mol. The molecule has 0 radical (unpaired) electrons. The smallest absolute Gasteiger partial charge is 0.258 e. The minimum absolute atomic E-state index is 0.0220. The molecule has 174 valence electrons. The predicted molar refractivity (Wildman–Crippen MR) is 123 cm³/mol. The number of pyridine rings is 1. The van der Waals surface area contributed by atoms with Crippen LogP contribution in [0, 0.1) is 18.3 Å². The third-order valence-corrected chi connectivity index (χ3v) is 6.33. The number of quaternary nitrogens is 1. The molecule has 1 aromatic heterocycles. The highest BCUT2D eigenvalue weighted by molar-refractivity contribution is 5.58. The van der Waals surface area contributed by atoms with E-state index in [1.807, 2.05) is 44.2 Å². The minimum Gasteiger partial charge on any atom is -0.494 e. The number of ether oxygens (including phenoxy) is 3. The van der Waals surface area contributed by atoms with Gasteiger partial charge in [0.2, 0.25) is 5.88 Å². The molecule has 0 amide bonds. The van der Waals surface area contributed by atoms with E-state index < -0.39 is 5.92 Å². The Balaban J connectivity index is 1.73. The third-order valence-electron chi connectivity index (χ3n) is 6.33. The lowest BCUT2D eigenvalue weighted by molar-refractivity contribution is -0.908. The van der Waals surface area contributed by atoms with E-state index in [2.05, 4.69) is 6.07 Å². The molecule has 0 spiro atoms. The fraction of sp³-hybridized carbons (Fsp3) is 0.440. The number of para-hydroxylation sites is 1. The van der Waals surface area contributed by atoms with Gasteiger partial charge < -0.3 is 29.4 Å². The van der Waals surface area contributed by atoms with Crippen LogP contribution in [0.5, 0.6) is 11.5 Å². The first-order chi connectivity index (χ1) is 16.0.